The molecular formula is C19H17N3O3S. The third kappa shape index (κ3) is 3.01. The molecule has 3 heterocycles. The molecule has 0 radical (unpaired) electrons. The number of thiazole rings is 1. The Balaban J connectivity index is 1.78. The summed E-state index contributed by atoms with van der Waals surface area (Å²) in [7, 11) is 0. The van der Waals surface area contributed by atoms with Gasteiger partial charge in [0.2, 0.25) is 5.76 Å². The van der Waals surface area contributed by atoms with Crippen LogP contribution in [0.2, 0.25) is 0 Å². The second-order valence-corrected chi connectivity index (χ2v) is 7.21. The molecule has 0 aliphatic carbocycles. The number of nitrogens with zero attached hydrogens (tertiary/aromatic N) is 3. The molecule has 26 heavy (non-hydrogen) atoms. The van der Waals surface area contributed by atoms with Crippen LogP contribution >= 0.6 is 11.3 Å². The van der Waals surface area contributed by atoms with E-state index in [4.69, 9.17) is 8.94 Å². The number of rotatable bonds is 4. The maximum atomic E-state index is 13.0. The number of aryl methyl sites for hydroxylation is 3. The van der Waals surface area contributed by atoms with Gasteiger partial charge in [0.25, 0.3) is 5.91 Å². The smallest absolute Gasteiger partial charge is 0.299 e. The van der Waals surface area contributed by atoms with Crippen LogP contribution in [0.25, 0.3) is 10.2 Å². The minimum atomic E-state index is -0.297. The fourth-order valence-electron chi connectivity index (χ4n) is 2.67. The summed E-state index contributed by atoms with van der Waals surface area (Å²) in [6, 6.07) is 9.38. The van der Waals surface area contributed by atoms with Gasteiger partial charge >= 0.3 is 0 Å². The molecule has 0 N–H and O–H groups in total. The molecule has 0 spiro atoms. The molecule has 1 aromatic carbocycles. The van der Waals surface area contributed by atoms with E-state index in [2.05, 4.69) is 30.1 Å². The molecule has 0 saturated carbocycles. The second-order valence-electron chi connectivity index (χ2n) is 6.20. The predicted molar refractivity (Wildman–Crippen MR) is 99.6 cm³/mol. The lowest BCUT2D eigenvalue weighted by Crippen LogP contribution is -2.29. The standard InChI is InChI=1S/C19H17N3O3S/c1-11-7-15-17(8-12(11)2)26-19(20-15)22(10-14-5-4-6-24-14)18(23)16-9-13(3)21-25-16/h4-9H,10H2,1-3H3. The molecular weight excluding hydrogens is 350 g/mol. The van der Waals surface area contributed by atoms with E-state index in [9.17, 15) is 4.79 Å². The number of furan rings is 1. The molecule has 0 saturated heterocycles. The topological polar surface area (TPSA) is 72.4 Å². The van der Waals surface area contributed by atoms with E-state index < -0.39 is 0 Å². The van der Waals surface area contributed by atoms with Crippen LogP contribution in [0.15, 0.2) is 45.5 Å². The van der Waals surface area contributed by atoms with Crippen molar-refractivity contribution in [2.24, 2.45) is 0 Å². The first kappa shape index (κ1) is 16.5. The van der Waals surface area contributed by atoms with Crippen LogP contribution in [0.3, 0.4) is 0 Å². The van der Waals surface area contributed by atoms with E-state index in [-0.39, 0.29) is 18.2 Å². The summed E-state index contributed by atoms with van der Waals surface area (Å²) in [5.41, 5.74) is 3.90. The fraction of sp³-hybridized carbons (Fsp3) is 0.211. The zero-order valence-corrected chi connectivity index (χ0v) is 15.5. The summed E-state index contributed by atoms with van der Waals surface area (Å²) in [5.74, 6) is 0.552. The van der Waals surface area contributed by atoms with Gasteiger partial charge in [-0.05, 0) is 56.2 Å². The van der Waals surface area contributed by atoms with Crippen LogP contribution in [0.4, 0.5) is 5.13 Å². The van der Waals surface area contributed by atoms with Crippen molar-refractivity contribution in [3.63, 3.8) is 0 Å². The number of anilines is 1. The molecule has 132 valence electrons. The van der Waals surface area contributed by atoms with Crippen LogP contribution in [0, 0.1) is 20.8 Å². The van der Waals surface area contributed by atoms with Crippen LogP contribution in [-0.4, -0.2) is 16.0 Å². The first-order chi connectivity index (χ1) is 12.5. The average Bonchev–Trinajstić information content (AvgIpc) is 3.33. The van der Waals surface area contributed by atoms with Gasteiger partial charge in [0.1, 0.15) is 5.76 Å². The van der Waals surface area contributed by atoms with Crippen LogP contribution < -0.4 is 4.90 Å². The molecule has 3 aromatic heterocycles. The van der Waals surface area contributed by atoms with E-state index in [0.717, 1.165) is 10.2 Å². The zero-order chi connectivity index (χ0) is 18.3. The number of benzene rings is 1. The fourth-order valence-corrected chi connectivity index (χ4v) is 3.71. The average molecular weight is 367 g/mol. The Hall–Kier alpha value is -2.93. The number of hydrogen-bond acceptors (Lipinski definition) is 6. The molecule has 7 heteroatoms. The maximum absolute atomic E-state index is 13.0. The molecule has 0 aliphatic heterocycles. The molecule has 0 bridgehead atoms. The van der Waals surface area contributed by atoms with Crippen molar-refractivity contribution in [2.45, 2.75) is 27.3 Å². The van der Waals surface area contributed by atoms with E-state index in [0.29, 0.717) is 16.6 Å². The van der Waals surface area contributed by atoms with Crippen LogP contribution in [-0.2, 0) is 6.54 Å². The number of aromatic nitrogens is 2. The summed E-state index contributed by atoms with van der Waals surface area (Å²) < 4.78 is 11.6. The van der Waals surface area contributed by atoms with Crippen molar-refractivity contribution in [1.82, 2.24) is 10.1 Å². The highest BCUT2D eigenvalue weighted by molar-refractivity contribution is 7.22. The lowest BCUT2D eigenvalue weighted by Gasteiger charge is -2.16. The summed E-state index contributed by atoms with van der Waals surface area (Å²) in [4.78, 5) is 19.2. The summed E-state index contributed by atoms with van der Waals surface area (Å²) in [6.45, 7) is 6.16. The summed E-state index contributed by atoms with van der Waals surface area (Å²) in [5, 5.41) is 4.41. The lowest BCUT2D eigenvalue weighted by molar-refractivity contribution is 0.0947. The van der Waals surface area contributed by atoms with Crippen LogP contribution in [0.1, 0.15) is 33.1 Å². The Bertz CT molecular complexity index is 1040. The minimum Gasteiger partial charge on any atom is -0.467 e. The number of carbonyl (C=O) groups is 1. The van der Waals surface area contributed by atoms with Crippen molar-refractivity contribution >= 4 is 32.6 Å². The number of carbonyl (C=O) groups excluding carboxylic acids is 1. The lowest BCUT2D eigenvalue weighted by atomic mass is 10.1. The molecule has 0 aliphatic rings. The van der Waals surface area contributed by atoms with Crippen molar-refractivity contribution in [2.75, 3.05) is 4.90 Å². The van der Waals surface area contributed by atoms with Gasteiger partial charge in [-0.15, -0.1) is 0 Å². The van der Waals surface area contributed by atoms with Gasteiger partial charge in [0.05, 0.1) is 28.7 Å². The molecule has 4 rings (SSSR count). The Morgan fingerprint density at radius 3 is 2.69 bits per heavy atom. The highest BCUT2D eigenvalue weighted by Crippen LogP contribution is 2.32. The summed E-state index contributed by atoms with van der Waals surface area (Å²) in [6.07, 6.45) is 1.58. The molecule has 0 atom stereocenters. The number of amides is 1. The Kier molecular flexibility index (Phi) is 4.08. The van der Waals surface area contributed by atoms with Gasteiger partial charge < -0.3 is 8.94 Å². The molecule has 6 nitrogen and oxygen atoms in total. The highest BCUT2D eigenvalue weighted by Gasteiger charge is 2.25. The van der Waals surface area contributed by atoms with Gasteiger partial charge in [-0.25, -0.2) is 4.98 Å². The van der Waals surface area contributed by atoms with Gasteiger partial charge in [-0.2, -0.15) is 0 Å². The normalized spacial score (nSPS) is 11.2. The van der Waals surface area contributed by atoms with Gasteiger partial charge in [0.15, 0.2) is 5.13 Å². The first-order valence-corrected chi connectivity index (χ1v) is 8.98. The SMILES string of the molecule is Cc1cc(C(=O)N(Cc2ccco2)c2nc3cc(C)c(C)cc3s2)on1. The second kappa shape index (κ2) is 6.42. The molecule has 1 amide bonds. The molecule has 0 unspecified atom stereocenters. The van der Waals surface area contributed by atoms with Gasteiger partial charge in [-0.1, -0.05) is 16.5 Å². The molecule has 0 fully saturated rings. The third-order valence-electron chi connectivity index (χ3n) is 4.20. The van der Waals surface area contributed by atoms with E-state index in [1.54, 1.807) is 30.2 Å². The maximum Gasteiger partial charge on any atom is 0.299 e. The Morgan fingerprint density at radius 2 is 2.00 bits per heavy atom. The number of hydrogen-bond donors (Lipinski definition) is 0. The predicted octanol–water partition coefficient (Wildman–Crippen LogP) is 4.65. The Morgan fingerprint density at radius 1 is 1.19 bits per heavy atom. The van der Waals surface area contributed by atoms with Crippen LogP contribution in [0.5, 0.6) is 0 Å². The summed E-state index contributed by atoms with van der Waals surface area (Å²) >= 11 is 1.47. The zero-order valence-electron chi connectivity index (χ0n) is 14.6. The van der Waals surface area contributed by atoms with Crippen molar-refractivity contribution < 1.29 is 13.7 Å². The number of fused-ring (bicyclic) bond motifs is 1. The van der Waals surface area contributed by atoms with Crippen molar-refractivity contribution in [1.29, 1.82) is 0 Å². The highest BCUT2D eigenvalue weighted by atomic mass is 32.1. The quantitative estimate of drug-likeness (QED) is 0.525. The van der Waals surface area contributed by atoms with Crippen molar-refractivity contribution in [3.8, 4) is 0 Å². The van der Waals surface area contributed by atoms with Gasteiger partial charge in [0, 0.05) is 6.07 Å². The van der Waals surface area contributed by atoms with E-state index >= 15 is 0 Å². The van der Waals surface area contributed by atoms with Crippen molar-refractivity contribution in [3.05, 3.63) is 64.9 Å². The van der Waals surface area contributed by atoms with E-state index in [1.165, 1.54) is 22.5 Å². The Labute approximate surface area is 154 Å². The molecule has 4 aromatic rings. The minimum absolute atomic E-state index is 0.181. The third-order valence-corrected chi connectivity index (χ3v) is 5.24. The monoisotopic (exact) mass is 367 g/mol. The van der Waals surface area contributed by atoms with E-state index in [1.807, 2.05) is 12.1 Å². The van der Waals surface area contributed by atoms with Gasteiger partial charge in [-0.3, -0.25) is 9.69 Å². The largest absolute Gasteiger partial charge is 0.467 e. The first-order valence-electron chi connectivity index (χ1n) is 8.16.